The average molecular weight is 881 g/mol. The first-order chi connectivity index (χ1) is 34.2. The van der Waals surface area contributed by atoms with Gasteiger partial charge in [0.15, 0.2) is 0 Å². The summed E-state index contributed by atoms with van der Waals surface area (Å²) in [5.74, 6) is 0. The van der Waals surface area contributed by atoms with Crippen LogP contribution in [0.3, 0.4) is 0 Å². The van der Waals surface area contributed by atoms with Crippen LogP contribution in [0.25, 0.3) is 105 Å². The summed E-state index contributed by atoms with van der Waals surface area (Å²) in [7, 11) is 0. The van der Waals surface area contributed by atoms with Gasteiger partial charge in [0.25, 0.3) is 0 Å². The molecule has 13 rings (SSSR count). The summed E-state index contributed by atoms with van der Waals surface area (Å²) < 4.78 is 8.64. The second-order valence-corrected chi connectivity index (χ2v) is 17.7. The molecule has 0 aliphatic rings. The van der Waals surface area contributed by atoms with E-state index >= 15 is 0 Å². The fourth-order valence-corrected chi connectivity index (χ4v) is 10.3. The van der Waals surface area contributed by atoms with E-state index in [-0.39, 0.29) is 0 Å². The molecular weight excluding hydrogens is 837 g/mol. The highest BCUT2D eigenvalue weighted by atomic mass is 16.3. The molecule has 0 saturated heterocycles. The summed E-state index contributed by atoms with van der Waals surface area (Å²) in [6.07, 6.45) is 0. The van der Waals surface area contributed by atoms with Crippen LogP contribution in [-0.2, 0) is 0 Å². The van der Waals surface area contributed by atoms with Crippen molar-refractivity contribution in [2.45, 2.75) is 0 Å². The van der Waals surface area contributed by atoms with Gasteiger partial charge < -0.3 is 13.9 Å². The Kier molecular flexibility index (Phi) is 9.84. The van der Waals surface area contributed by atoms with Crippen LogP contribution in [0.15, 0.2) is 271 Å². The van der Waals surface area contributed by atoms with E-state index in [0.717, 1.165) is 66.9 Å². The molecule has 0 atom stereocenters. The van der Waals surface area contributed by atoms with Gasteiger partial charge in [0.05, 0.1) is 11.0 Å². The van der Waals surface area contributed by atoms with Crippen molar-refractivity contribution in [1.82, 2.24) is 4.57 Å². The number of anilines is 3. The maximum atomic E-state index is 6.27. The molecule has 0 amide bonds. The van der Waals surface area contributed by atoms with Crippen LogP contribution in [-0.4, -0.2) is 4.57 Å². The van der Waals surface area contributed by atoms with Crippen LogP contribution in [0.1, 0.15) is 0 Å². The maximum absolute atomic E-state index is 6.27. The van der Waals surface area contributed by atoms with Crippen LogP contribution < -0.4 is 4.90 Å². The lowest BCUT2D eigenvalue weighted by atomic mass is 9.94. The normalized spacial score (nSPS) is 11.5. The highest BCUT2D eigenvalue weighted by molar-refractivity contribution is 6.12. The zero-order chi connectivity index (χ0) is 45.7. The number of fused-ring (bicyclic) bond motifs is 6. The van der Waals surface area contributed by atoms with Crippen molar-refractivity contribution in [3.8, 4) is 61.3 Å². The van der Waals surface area contributed by atoms with Crippen molar-refractivity contribution in [1.29, 1.82) is 0 Å². The minimum absolute atomic E-state index is 0.895. The van der Waals surface area contributed by atoms with Gasteiger partial charge in [0, 0.05) is 44.3 Å². The lowest BCUT2D eigenvalue weighted by Crippen LogP contribution is -2.10. The number of nitrogens with zero attached hydrogens (tertiary/aromatic N) is 2. The Balaban J connectivity index is 0.836. The second kappa shape index (κ2) is 16.9. The van der Waals surface area contributed by atoms with E-state index in [4.69, 9.17) is 4.42 Å². The molecule has 0 fully saturated rings. The molecule has 324 valence electrons. The summed E-state index contributed by atoms with van der Waals surface area (Å²) in [6, 6.07) is 96.0. The topological polar surface area (TPSA) is 21.3 Å². The molecule has 13 aromatic rings. The quantitative estimate of drug-likeness (QED) is 0.144. The predicted molar refractivity (Wildman–Crippen MR) is 290 cm³/mol. The summed E-state index contributed by atoms with van der Waals surface area (Å²) >= 11 is 0. The molecule has 0 spiro atoms. The Bertz CT molecular complexity index is 3920. The van der Waals surface area contributed by atoms with Crippen LogP contribution in [0.5, 0.6) is 0 Å². The third-order valence-electron chi connectivity index (χ3n) is 13.6. The molecule has 0 aliphatic carbocycles. The first kappa shape index (κ1) is 40.1. The Labute approximate surface area is 401 Å². The molecule has 3 nitrogen and oxygen atoms in total. The smallest absolute Gasteiger partial charge is 0.136 e. The maximum Gasteiger partial charge on any atom is 0.136 e. The van der Waals surface area contributed by atoms with Crippen LogP contribution in [0.2, 0.25) is 0 Å². The molecule has 0 N–H and O–H groups in total. The number of furan rings is 1. The van der Waals surface area contributed by atoms with Crippen molar-refractivity contribution in [3.63, 3.8) is 0 Å². The Morgan fingerprint density at radius 3 is 1.35 bits per heavy atom. The molecular formula is C66H44N2O. The number of hydrogen-bond donors (Lipinski definition) is 0. The zero-order valence-electron chi connectivity index (χ0n) is 37.7. The van der Waals surface area contributed by atoms with E-state index in [9.17, 15) is 0 Å². The second-order valence-electron chi connectivity index (χ2n) is 17.7. The predicted octanol–water partition coefficient (Wildman–Crippen LogP) is 18.5. The SMILES string of the molecule is c1ccc(-c2ccccc2-c2cccc(N(c3ccc(-c4ccc(-c5ccc(-n6c7ccccc7c7ccccc76)cc5)cc4)cc3)c3ccc(-c4cccc5oc6ccccc6c45)cc3)c2)cc1. The Hall–Kier alpha value is -9.18. The van der Waals surface area contributed by atoms with Gasteiger partial charge in [-0.2, -0.15) is 0 Å². The minimum atomic E-state index is 0.895. The third-order valence-corrected chi connectivity index (χ3v) is 13.6. The number of hydrogen-bond acceptors (Lipinski definition) is 2. The molecule has 0 aliphatic heterocycles. The van der Waals surface area contributed by atoms with E-state index in [0.29, 0.717) is 0 Å². The largest absolute Gasteiger partial charge is 0.456 e. The average Bonchev–Trinajstić information content (AvgIpc) is 3.98. The van der Waals surface area contributed by atoms with Crippen molar-refractivity contribution >= 4 is 60.8 Å². The number of rotatable bonds is 9. The highest BCUT2D eigenvalue weighted by Crippen LogP contribution is 2.42. The van der Waals surface area contributed by atoms with Crippen LogP contribution >= 0.6 is 0 Å². The monoisotopic (exact) mass is 880 g/mol. The molecule has 69 heavy (non-hydrogen) atoms. The lowest BCUT2D eigenvalue weighted by molar-refractivity contribution is 0.669. The standard InChI is InChI=1S/C66H44N2O/c1-2-14-49(15-3-1)56-18-4-5-19-57(56)51-16-12-17-55(44-51)67(53-42-36-50(37-43-53)58-23-13-27-65-66(58)61-22-8-11-26-64(61)69-65)52-38-32-47(33-39-52)45-28-30-46(31-29-45)48-34-40-54(41-35-48)68-62-24-9-6-20-59(62)60-21-7-10-25-63(60)68/h1-44H. The number of para-hydroxylation sites is 3. The van der Waals surface area contributed by atoms with E-state index in [1.807, 2.05) is 12.1 Å². The van der Waals surface area contributed by atoms with Gasteiger partial charge in [-0.15, -0.1) is 0 Å². The molecule has 2 heterocycles. The molecule has 0 radical (unpaired) electrons. The van der Waals surface area contributed by atoms with Gasteiger partial charge in [-0.1, -0.05) is 194 Å². The van der Waals surface area contributed by atoms with Gasteiger partial charge in [-0.25, -0.2) is 0 Å². The van der Waals surface area contributed by atoms with E-state index < -0.39 is 0 Å². The summed E-state index contributed by atoms with van der Waals surface area (Å²) in [5, 5.41) is 4.80. The first-order valence-corrected chi connectivity index (χ1v) is 23.6. The molecule has 2 aromatic heterocycles. The van der Waals surface area contributed by atoms with E-state index in [1.54, 1.807) is 0 Å². The van der Waals surface area contributed by atoms with Gasteiger partial charge in [-0.05, 0) is 128 Å². The molecule has 0 saturated carbocycles. The first-order valence-electron chi connectivity index (χ1n) is 23.6. The van der Waals surface area contributed by atoms with Gasteiger partial charge in [0.1, 0.15) is 11.2 Å². The molecule has 0 unspecified atom stereocenters. The van der Waals surface area contributed by atoms with Crippen molar-refractivity contribution in [3.05, 3.63) is 267 Å². The molecule has 11 aromatic carbocycles. The molecule has 3 heteroatoms. The van der Waals surface area contributed by atoms with Gasteiger partial charge >= 0.3 is 0 Å². The summed E-state index contributed by atoms with van der Waals surface area (Å²) in [4.78, 5) is 2.36. The Morgan fingerprint density at radius 2 is 0.710 bits per heavy atom. The fourth-order valence-electron chi connectivity index (χ4n) is 10.3. The summed E-state index contributed by atoms with van der Waals surface area (Å²) in [6.45, 7) is 0. The zero-order valence-corrected chi connectivity index (χ0v) is 37.7. The molecule has 0 bridgehead atoms. The fraction of sp³-hybridized carbons (Fsp3) is 0. The van der Waals surface area contributed by atoms with Crippen molar-refractivity contribution in [2.75, 3.05) is 4.90 Å². The van der Waals surface area contributed by atoms with Crippen LogP contribution in [0, 0.1) is 0 Å². The third kappa shape index (κ3) is 7.16. The summed E-state index contributed by atoms with van der Waals surface area (Å²) in [5.41, 5.74) is 20.4. The number of aromatic nitrogens is 1. The van der Waals surface area contributed by atoms with E-state index in [2.05, 4.69) is 264 Å². The minimum Gasteiger partial charge on any atom is -0.456 e. The van der Waals surface area contributed by atoms with Crippen molar-refractivity contribution < 1.29 is 4.42 Å². The van der Waals surface area contributed by atoms with E-state index in [1.165, 1.54) is 55.2 Å². The highest BCUT2D eigenvalue weighted by Gasteiger charge is 2.18. The van der Waals surface area contributed by atoms with Crippen LogP contribution in [0.4, 0.5) is 17.1 Å². The van der Waals surface area contributed by atoms with Gasteiger partial charge in [-0.3, -0.25) is 0 Å². The Morgan fingerprint density at radius 1 is 0.275 bits per heavy atom. The van der Waals surface area contributed by atoms with Crippen molar-refractivity contribution in [2.24, 2.45) is 0 Å². The number of benzene rings is 11. The van der Waals surface area contributed by atoms with Gasteiger partial charge in [0.2, 0.25) is 0 Å². The lowest BCUT2D eigenvalue weighted by Gasteiger charge is -2.26.